The third kappa shape index (κ3) is 4.43. The molecule has 1 heterocycles. The van der Waals surface area contributed by atoms with Gasteiger partial charge in [-0.15, -0.1) is 0 Å². The summed E-state index contributed by atoms with van der Waals surface area (Å²) < 4.78 is 0. The monoisotopic (exact) mass is 379 g/mol. The molecule has 7 heteroatoms. The summed E-state index contributed by atoms with van der Waals surface area (Å²) in [6.45, 7) is 4.04. The summed E-state index contributed by atoms with van der Waals surface area (Å²) in [6, 6.07) is 13.8. The van der Waals surface area contributed by atoms with Gasteiger partial charge in [-0.2, -0.15) is 0 Å². The van der Waals surface area contributed by atoms with Crippen LogP contribution in [0.25, 0.3) is 6.08 Å². The maximum atomic E-state index is 12.4. The number of nitro groups is 1. The molecule has 2 aromatic rings. The first-order chi connectivity index (χ1) is 13.5. The van der Waals surface area contributed by atoms with E-state index in [-0.39, 0.29) is 17.4 Å². The molecule has 1 amide bonds. The van der Waals surface area contributed by atoms with E-state index >= 15 is 0 Å². The van der Waals surface area contributed by atoms with Crippen molar-refractivity contribution in [3.05, 3.63) is 75.8 Å². The van der Waals surface area contributed by atoms with E-state index in [4.69, 9.17) is 0 Å². The maximum Gasteiger partial charge on any atom is 0.276 e. The number of amides is 1. The number of hydrogen-bond acceptors (Lipinski definition) is 5. The van der Waals surface area contributed by atoms with Gasteiger partial charge in [0.15, 0.2) is 5.78 Å². The van der Waals surface area contributed by atoms with Crippen LogP contribution in [-0.2, 0) is 4.79 Å². The molecule has 0 aromatic heterocycles. The molecule has 7 nitrogen and oxygen atoms in total. The Hall–Kier alpha value is -3.48. The number of carbonyl (C=O) groups excluding carboxylic acids is 2. The molecule has 1 aliphatic heterocycles. The molecule has 0 radical (unpaired) electrons. The van der Waals surface area contributed by atoms with Crippen molar-refractivity contribution in [2.45, 2.75) is 6.92 Å². The molecule has 3 rings (SSSR count). The summed E-state index contributed by atoms with van der Waals surface area (Å²) in [7, 11) is 0. The number of benzene rings is 2. The first kappa shape index (κ1) is 19.3. The fourth-order valence-corrected chi connectivity index (χ4v) is 3.15. The van der Waals surface area contributed by atoms with Gasteiger partial charge < -0.3 is 9.80 Å². The minimum absolute atomic E-state index is 0.0228. The number of rotatable bonds is 5. The molecule has 1 aliphatic rings. The Bertz CT molecular complexity index is 914. The van der Waals surface area contributed by atoms with Gasteiger partial charge in [0.1, 0.15) is 0 Å². The third-order valence-electron chi connectivity index (χ3n) is 4.77. The molecule has 1 fully saturated rings. The first-order valence-electron chi connectivity index (χ1n) is 9.02. The van der Waals surface area contributed by atoms with Crippen LogP contribution >= 0.6 is 0 Å². The topological polar surface area (TPSA) is 83.8 Å². The zero-order valence-corrected chi connectivity index (χ0v) is 15.6. The Balaban J connectivity index is 1.59. The molecule has 2 aromatic carbocycles. The summed E-state index contributed by atoms with van der Waals surface area (Å²) >= 11 is 0. The molecular formula is C21H21N3O4. The molecule has 0 saturated carbocycles. The maximum absolute atomic E-state index is 12.4. The Labute approximate surface area is 163 Å². The lowest BCUT2D eigenvalue weighted by atomic mass is 10.1. The van der Waals surface area contributed by atoms with Gasteiger partial charge in [0.05, 0.1) is 10.5 Å². The molecule has 1 saturated heterocycles. The summed E-state index contributed by atoms with van der Waals surface area (Å²) in [5.41, 5.74) is 2.08. The van der Waals surface area contributed by atoms with Crippen LogP contribution in [-0.4, -0.2) is 47.7 Å². The van der Waals surface area contributed by atoms with E-state index in [0.29, 0.717) is 37.3 Å². The highest BCUT2D eigenvalue weighted by atomic mass is 16.6. The zero-order valence-electron chi connectivity index (χ0n) is 15.6. The number of nitrogens with zero attached hydrogens (tertiary/aromatic N) is 3. The van der Waals surface area contributed by atoms with Crippen molar-refractivity contribution in [1.29, 1.82) is 0 Å². The lowest BCUT2D eigenvalue weighted by Crippen LogP contribution is -2.48. The van der Waals surface area contributed by atoms with Crippen LogP contribution in [0.15, 0.2) is 54.6 Å². The van der Waals surface area contributed by atoms with Crippen LogP contribution in [0, 0.1) is 10.1 Å². The standard InChI is InChI=1S/C21H21N3O4/c1-16(25)17-6-9-19(10-7-17)22-12-14-23(15-13-22)21(26)11-8-18-4-2-3-5-20(18)24(27)28/h2-11H,12-15H2,1H3/b11-8+. The zero-order chi connectivity index (χ0) is 20.1. The van der Waals surface area contributed by atoms with Gasteiger partial charge in [0.25, 0.3) is 5.69 Å². The van der Waals surface area contributed by atoms with Crippen LogP contribution < -0.4 is 4.90 Å². The number of para-hydroxylation sites is 1. The van der Waals surface area contributed by atoms with Gasteiger partial charge >= 0.3 is 0 Å². The van der Waals surface area contributed by atoms with Crippen molar-refractivity contribution in [2.24, 2.45) is 0 Å². The first-order valence-corrected chi connectivity index (χ1v) is 9.02. The van der Waals surface area contributed by atoms with E-state index in [1.54, 1.807) is 23.1 Å². The van der Waals surface area contributed by atoms with E-state index in [0.717, 1.165) is 5.69 Å². The second kappa shape index (κ2) is 8.47. The average Bonchev–Trinajstić information content (AvgIpc) is 2.72. The SMILES string of the molecule is CC(=O)c1ccc(N2CCN(C(=O)/C=C/c3ccccc3[N+](=O)[O-])CC2)cc1. The average molecular weight is 379 g/mol. The number of hydrogen-bond donors (Lipinski definition) is 0. The largest absolute Gasteiger partial charge is 0.368 e. The minimum atomic E-state index is -0.458. The highest BCUT2D eigenvalue weighted by molar-refractivity contribution is 5.94. The molecule has 0 bridgehead atoms. The second-order valence-electron chi connectivity index (χ2n) is 6.56. The fourth-order valence-electron chi connectivity index (χ4n) is 3.15. The normalized spacial score (nSPS) is 14.3. The van der Waals surface area contributed by atoms with Crippen LogP contribution in [0.1, 0.15) is 22.8 Å². The molecule has 0 aliphatic carbocycles. The number of anilines is 1. The van der Waals surface area contributed by atoms with E-state index in [1.807, 2.05) is 24.3 Å². The van der Waals surface area contributed by atoms with Crippen LogP contribution in [0.5, 0.6) is 0 Å². The molecule has 144 valence electrons. The van der Waals surface area contributed by atoms with Crippen LogP contribution in [0.3, 0.4) is 0 Å². The van der Waals surface area contributed by atoms with E-state index in [9.17, 15) is 19.7 Å². The van der Waals surface area contributed by atoms with E-state index in [1.165, 1.54) is 25.1 Å². The molecule has 0 atom stereocenters. The van der Waals surface area contributed by atoms with Crippen molar-refractivity contribution in [3.63, 3.8) is 0 Å². The lowest BCUT2D eigenvalue weighted by Gasteiger charge is -2.35. The summed E-state index contributed by atoms with van der Waals surface area (Å²) in [4.78, 5) is 38.3. The Kier molecular flexibility index (Phi) is 5.84. The molecule has 0 unspecified atom stereocenters. The Morgan fingerprint density at radius 2 is 1.64 bits per heavy atom. The quantitative estimate of drug-likeness (QED) is 0.345. The Morgan fingerprint density at radius 3 is 2.25 bits per heavy atom. The number of Topliss-reactive ketones (excluding diaryl/α,β-unsaturated/α-hetero) is 1. The fraction of sp³-hybridized carbons (Fsp3) is 0.238. The van der Waals surface area contributed by atoms with Gasteiger partial charge in [-0.05, 0) is 43.3 Å². The van der Waals surface area contributed by atoms with Gasteiger partial charge in [-0.25, -0.2) is 0 Å². The number of piperazine rings is 1. The smallest absolute Gasteiger partial charge is 0.276 e. The number of ketones is 1. The summed E-state index contributed by atoms with van der Waals surface area (Å²) in [5, 5.41) is 11.0. The van der Waals surface area contributed by atoms with Crippen molar-refractivity contribution in [2.75, 3.05) is 31.1 Å². The third-order valence-corrected chi connectivity index (χ3v) is 4.77. The molecule has 0 spiro atoms. The predicted molar refractivity (Wildman–Crippen MR) is 107 cm³/mol. The second-order valence-corrected chi connectivity index (χ2v) is 6.56. The van der Waals surface area contributed by atoms with Crippen molar-refractivity contribution in [3.8, 4) is 0 Å². The molecule has 28 heavy (non-hydrogen) atoms. The summed E-state index contributed by atoms with van der Waals surface area (Å²) in [6.07, 6.45) is 2.88. The molecular weight excluding hydrogens is 358 g/mol. The molecule has 0 N–H and O–H groups in total. The van der Waals surface area contributed by atoms with E-state index < -0.39 is 4.92 Å². The Morgan fingerprint density at radius 1 is 1.00 bits per heavy atom. The van der Waals surface area contributed by atoms with E-state index in [2.05, 4.69) is 4.90 Å². The highest BCUT2D eigenvalue weighted by Gasteiger charge is 2.20. The van der Waals surface area contributed by atoms with Gasteiger partial charge in [0, 0.05) is 49.6 Å². The van der Waals surface area contributed by atoms with Gasteiger partial charge in [-0.1, -0.05) is 12.1 Å². The predicted octanol–water partition coefficient (Wildman–Crippen LogP) is 3.16. The summed E-state index contributed by atoms with van der Waals surface area (Å²) in [5.74, 6) is -0.128. The van der Waals surface area contributed by atoms with Gasteiger partial charge in [0.2, 0.25) is 5.91 Å². The van der Waals surface area contributed by atoms with Crippen LogP contribution in [0.2, 0.25) is 0 Å². The minimum Gasteiger partial charge on any atom is -0.368 e. The van der Waals surface area contributed by atoms with Crippen molar-refractivity contribution in [1.82, 2.24) is 4.90 Å². The van der Waals surface area contributed by atoms with Crippen LogP contribution in [0.4, 0.5) is 11.4 Å². The number of nitro benzene ring substituents is 1. The van der Waals surface area contributed by atoms with Crippen molar-refractivity contribution >= 4 is 29.1 Å². The number of carbonyl (C=O) groups is 2. The highest BCUT2D eigenvalue weighted by Crippen LogP contribution is 2.20. The van der Waals surface area contributed by atoms with Crippen molar-refractivity contribution < 1.29 is 14.5 Å². The van der Waals surface area contributed by atoms with Gasteiger partial charge in [-0.3, -0.25) is 19.7 Å². The lowest BCUT2D eigenvalue weighted by molar-refractivity contribution is -0.385.